The van der Waals surface area contributed by atoms with Gasteiger partial charge in [-0.3, -0.25) is 0 Å². The number of aromatic hydroxyl groups is 1. The molecule has 0 aliphatic rings. The van der Waals surface area contributed by atoms with Crippen LogP contribution in [0.4, 0.5) is 0 Å². The molecule has 1 aromatic heterocycles. The molecule has 0 atom stereocenters. The average Bonchev–Trinajstić information content (AvgIpc) is 2.19. The van der Waals surface area contributed by atoms with Crippen LogP contribution in [0.2, 0.25) is 0 Å². The topological polar surface area (TPSA) is 84.7 Å². The van der Waals surface area contributed by atoms with E-state index in [2.05, 4.69) is 25.8 Å². The molecule has 0 radical (unpaired) electrons. The molecule has 2 aromatic rings. The Balaban J connectivity index is 2.48. The Morgan fingerprint density at radius 3 is 2.46 bits per heavy atom. The van der Waals surface area contributed by atoms with Crippen molar-refractivity contribution in [2.75, 3.05) is 0 Å². The van der Waals surface area contributed by atoms with E-state index in [0.717, 1.165) is 0 Å². The van der Waals surface area contributed by atoms with Crippen molar-refractivity contribution in [1.82, 2.24) is 25.8 Å². The van der Waals surface area contributed by atoms with Gasteiger partial charge in [0, 0.05) is 5.56 Å². The number of phenols is 1. The molecule has 64 valence electrons. The van der Waals surface area contributed by atoms with Gasteiger partial charge in [-0.2, -0.15) is 0 Å². The monoisotopic (exact) mass is 175 g/mol. The zero-order valence-corrected chi connectivity index (χ0v) is 6.49. The predicted molar refractivity (Wildman–Crippen MR) is 42.5 cm³/mol. The molecule has 0 bridgehead atoms. The molecule has 0 amide bonds. The highest BCUT2D eigenvalue weighted by Crippen LogP contribution is 2.17. The minimum atomic E-state index is 0.151. The number of phenolic OH excluding ortho intramolecular Hbond substituents is 1. The van der Waals surface area contributed by atoms with Crippen LogP contribution in [-0.2, 0) is 0 Å². The highest BCUT2D eigenvalue weighted by Gasteiger charge is 2.01. The summed E-state index contributed by atoms with van der Waals surface area (Å²) in [6.45, 7) is 0. The van der Waals surface area contributed by atoms with Gasteiger partial charge < -0.3 is 5.11 Å². The molecule has 1 heterocycles. The Morgan fingerprint density at radius 2 is 1.77 bits per heavy atom. The third-order valence-electron chi connectivity index (χ3n) is 1.46. The molecule has 0 unspecified atom stereocenters. The summed E-state index contributed by atoms with van der Waals surface area (Å²) in [7, 11) is 0. The lowest BCUT2D eigenvalue weighted by atomic mass is 10.2. The van der Waals surface area contributed by atoms with E-state index < -0.39 is 0 Å². The Labute approximate surface area is 73.3 Å². The third-order valence-corrected chi connectivity index (χ3v) is 1.46. The van der Waals surface area contributed by atoms with Crippen molar-refractivity contribution in [3.63, 3.8) is 0 Å². The van der Waals surface area contributed by atoms with E-state index in [0.29, 0.717) is 11.4 Å². The van der Waals surface area contributed by atoms with Gasteiger partial charge in [0.05, 0.1) is 0 Å². The van der Waals surface area contributed by atoms with Crippen LogP contribution in [0, 0.1) is 0 Å². The van der Waals surface area contributed by atoms with Gasteiger partial charge in [0.15, 0.2) is 0 Å². The molecular formula is C7H5N5O. The third kappa shape index (κ3) is 1.56. The van der Waals surface area contributed by atoms with Crippen LogP contribution in [0.15, 0.2) is 24.3 Å². The van der Waals surface area contributed by atoms with Crippen molar-refractivity contribution in [2.24, 2.45) is 0 Å². The van der Waals surface area contributed by atoms with Gasteiger partial charge >= 0.3 is 0 Å². The van der Waals surface area contributed by atoms with Crippen molar-refractivity contribution in [1.29, 1.82) is 0 Å². The SMILES string of the molecule is Oc1cccc(-c2nnnnn2)c1. The Bertz CT molecular complexity index is 405. The van der Waals surface area contributed by atoms with Gasteiger partial charge in [0.2, 0.25) is 5.82 Å². The maximum Gasteiger partial charge on any atom is 0.207 e. The minimum absolute atomic E-state index is 0.151. The normalized spacial score (nSPS) is 9.85. The van der Waals surface area contributed by atoms with Gasteiger partial charge in [-0.05, 0) is 27.8 Å². The summed E-state index contributed by atoms with van der Waals surface area (Å²) in [6.07, 6.45) is 0. The first-order valence-electron chi connectivity index (χ1n) is 3.54. The van der Waals surface area contributed by atoms with E-state index in [1.165, 1.54) is 6.07 Å². The molecular weight excluding hydrogens is 170 g/mol. The standard InChI is InChI=1S/C7H5N5O/c13-6-3-1-2-5(4-6)7-8-10-12-11-9-7/h1-4,13H. The van der Waals surface area contributed by atoms with Crippen molar-refractivity contribution in [2.45, 2.75) is 0 Å². The number of hydrogen-bond donors (Lipinski definition) is 1. The van der Waals surface area contributed by atoms with Gasteiger partial charge in [-0.15, -0.1) is 10.2 Å². The zero-order chi connectivity index (χ0) is 9.10. The van der Waals surface area contributed by atoms with Crippen LogP contribution >= 0.6 is 0 Å². The van der Waals surface area contributed by atoms with E-state index in [-0.39, 0.29) is 5.75 Å². The number of rotatable bonds is 1. The van der Waals surface area contributed by atoms with Crippen LogP contribution in [0.3, 0.4) is 0 Å². The molecule has 2 rings (SSSR count). The average molecular weight is 175 g/mol. The lowest BCUT2D eigenvalue weighted by Crippen LogP contribution is -1.97. The molecule has 6 nitrogen and oxygen atoms in total. The fraction of sp³-hybridized carbons (Fsp3) is 0. The molecule has 0 saturated heterocycles. The van der Waals surface area contributed by atoms with Crippen LogP contribution < -0.4 is 0 Å². The number of nitrogens with zero attached hydrogens (tertiary/aromatic N) is 5. The Kier molecular flexibility index (Phi) is 1.79. The molecule has 1 N–H and O–H groups in total. The highest BCUT2D eigenvalue weighted by molar-refractivity contribution is 5.55. The van der Waals surface area contributed by atoms with Gasteiger partial charge in [0.1, 0.15) is 5.75 Å². The van der Waals surface area contributed by atoms with E-state index in [9.17, 15) is 0 Å². The molecule has 0 aliphatic heterocycles. The quantitative estimate of drug-likeness (QED) is 0.658. The van der Waals surface area contributed by atoms with E-state index in [1.54, 1.807) is 18.2 Å². The fourth-order valence-electron chi connectivity index (χ4n) is 0.923. The molecule has 0 saturated carbocycles. The lowest BCUT2D eigenvalue weighted by molar-refractivity contribution is 0.475. The summed E-state index contributed by atoms with van der Waals surface area (Å²) >= 11 is 0. The first-order valence-corrected chi connectivity index (χ1v) is 3.54. The maximum absolute atomic E-state index is 9.16. The summed E-state index contributed by atoms with van der Waals surface area (Å²) < 4.78 is 0. The molecule has 13 heavy (non-hydrogen) atoms. The molecule has 1 aromatic carbocycles. The minimum Gasteiger partial charge on any atom is -0.508 e. The zero-order valence-electron chi connectivity index (χ0n) is 6.49. The number of benzene rings is 1. The summed E-state index contributed by atoms with van der Waals surface area (Å²) in [5.41, 5.74) is 0.655. The second-order valence-corrected chi connectivity index (χ2v) is 2.34. The molecule has 0 fully saturated rings. The lowest BCUT2D eigenvalue weighted by Gasteiger charge is -1.96. The highest BCUT2D eigenvalue weighted by atomic mass is 16.3. The summed E-state index contributed by atoms with van der Waals surface area (Å²) in [4.78, 5) is 0. The number of hydrogen-bond acceptors (Lipinski definition) is 6. The second kappa shape index (κ2) is 3.10. The molecule has 0 aliphatic carbocycles. The van der Waals surface area contributed by atoms with Gasteiger partial charge in [0.25, 0.3) is 0 Å². The fourth-order valence-corrected chi connectivity index (χ4v) is 0.923. The van der Waals surface area contributed by atoms with E-state index >= 15 is 0 Å². The van der Waals surface area contributed by atoms with Crippen molar-refractivity contribution in [3.05, 3.63) is 24.3 Å². The smallest absolute Gasteiger partial charge is 0.207 e. The van der Waals surface area contributed by atoms with Crippen LogP contribution in [0.5, 0.6) is 5.75 Å². The van der Waals surface area contributed by atoms with Crippen molar-refractivity contribution >= 4 is 0 Å². The number of aromatic nitrogens is 5. The molecule has 0 spiro atoms. The first kappa shape index (κ1) is 7.53. The van der Waals surface area contributed by atoms with Crippen LogP contribution in [0.1, 0.15) is 0 Å². The summed E-state index contributed by atoms with van der Waals surface area (Å²) in [5, 5.41) is 26.3. The Hall–Kier alpha value is -2.11. The van der Waals surface area contributed by atoms with E-state index in [1.807, 2.05) is 0 Å². The predicted octanol–water partition coefficient (Wildman–Crippen LogP) is 0.0342. The second-order valence-electron chi connectivity index (χ2n) is 2.34. The van der Waals surface area contributed by atoms with Gasteiger partial charge in [-0.1, -0.05) is 12.1 Å². The van der Waals surface area contributed by atoms with Crippen molar-refractivity contribution < 1.29 is 5.11 Å². The van der Waals surface area contributed by atoms with E-state index in [4.69, 9.17) is 5.11 Å². The first-order chi connectivity index (χ1) is 6.36. The summed E-state index contributed by atoms with van der Waals surface area (Å²) in [6, 6.07) is 6.52. The Morgan fingerprint density at radius 1 is 1.00 bits per heavy atom. The van der Waals surface area contributed by atoms with Crippen molar-refractivity contribution in [3.8, 4) is 17.1 Å². The summed E-state index contributed by atoms with van der Waals surface area (Å²) in [5.74, 6) is 0.490. The van der Waals surface area contributed by atoms with Gasteiger partial charge in [-0.25, -0.2) is 0 Å². The largest absolute Gasteiger partial charge is 0.508 e. The maximum atomic E-state index is 9.16. The van der Waals surface area contributed by atoms with Crippen LogP contribution in [-0.4, -0.2) is 30.9 Å². The molecule has 6 heteroatoms. The van der Waals surface area contributed by atoms with Crippen LogP contribution in [0.25, 0.3) is 11.4 Å².